The zero-order valence-electron chi connectivity index (χ0n) is 17.0. The number of hydrogen-bond donors (Lipinski definition) is 0. The van der Waals surface area contributed by atoms with Crippen LogP contribution in [0.5, 0.6) is 11.5 Å². The molecule has 0 N–H and O–H groups in total. The zero-order valence-corrected chi connectivity index (χ0v) is 17.0. The molecular weight excluding hydrogens is 376 g/mol. The fraction of sp³-hybridized carbons (Fsp3) is 0.208. The lowest BCUT2D eigenvalue weighted by Crippen LogP contribution is -2.11. The number of hydrogen-bond acceptors (Lipinski definition) is 5. The molecule has 4 aromatic rings. The maximum absolute atomic E-state index is 5.32. The molecule has 2 aromatic heterocycles. The summed E-state index contributed by atoms with van der Waals surface area (Å²) < 4.78 is 12.4. The number of allylic oxidation sites excluding steroid dienone is 1. The Morgan fingerprint density at radius 1 is 0.900 bits per heavy atom. The zero-order chi connectivity index (χ0) is 20.5. The van der Waals surface area contributed by atoms with Crippen LogP contribution >= 0.6 is 0 Å². The van der Waals surface area contributed by atoms with E-state index in [1.165, 1.54) is 11.1 Å². The van der Waals surface area contributed by atoms with Gasteiger partial charge >= 0.3 is 0 Å². The van der Waals surface area contributed by atoms with E-state index in [1.54, 1.807) is 20.5 Å². The smallest absolute Gasteiger partial charge is 0.253 e. The van der Waals surface area contributed by atoms with Gasteiger partial charge in [0.1, 0.15) is 17.8 Å². The number of rotatable bonds is 4. The monoisotopic (exact) mass is 398 g/mol. The van der Waals surface area contributed by atoms with Crippen molar-refractivity contribution >= 4 is 17.4 Å². The van der Waals surface area contributed by atoms with Crippen molar-refractivity contribution in [2.24, 2.45) is 0 Å². The van der Waals surface area contributed by atoms with Crippen LogP contribution in [0.3, 0.4) is 0 Å². The highest BCUT2D eigenvalue weighted by molar-refractivity contribution is 5.85. The Hall–Kier alpha value is -3.67. The fourth-order valence-corrected chi connectivity index (χ4v) is 4.04. The Labute approximate surface area is 174 Å². The van der Waals surface area contributed by atoms with Crippen molar-refractivity contribution in [3.05, 3.63) is 71.7 Å². The summed E-state index contributed by atoms with van der Waals surface area (Å²) in [6, 6.07) is 16.2. The van der Waals surface area contributed by atoms with Crippen molar-refractivity contribution < 1.29 is 9.47 Å². The highest BCUT2D eigenvalue weighted by atomic mass is 16.5. The summed E-state index contributed by atoms with van der Waals surface area (Å²) in [5.41, 5.74) is 6.72. The summed E-state index contributed by atoms with van der Waals surface area (Å²) >= 11 is 0. The fourth-order valence-electron chi connectivity index (χ4n) is 4.04. The van der Waals surface area contributed by atoms with Gasteiger partial charge in [-0.1, -0.05) is 12.1 Å². The molecule has 0 fully saturated rings. The van der Waals surface area contributed by atoms with E-state index < -0.39 is 0 Å². The molecule has 0 radical (unpaired) electrons. The quantitative estimate of drug-likeness (QED) is 0.499. The van der Waals surface area contributed by atoms with E-state index in [4.69, 9.17) is 14.5 Å². The van der Waals surface area contributed by atoms with Gasteiger partial charge < -0.3 is 9.47 Å². The predicted molar refractivity (Wildman–Crippen MR) is 117 cm³/mol. The SMILES string of the molecule is COc1ccc(/C=C2\CCCc3c2nc2ncnn2c3-c2ccc(OC)cc2)cc1. The molecule has 0 atom stereocenters. The predicted octanol–water partition coefficient (Wildman–Crippen LogP) is 4.69. The molecule has 0 unspecified atom stereocenters. The van der Waals surface area contributed by atoms with Crippen molar-refractivity contribution in [3.8, 4) is 22.8 Å². The molecule has 0 aliphatic heterocycles. The van der Waals surface area contributed by atoms with Crippen LogP contribution in [0.4, 0.5) is 0 Å². The molecule has 6 nitrogen and oxygen atoms in total. The first-order valence-electron chi connectivity index (χ1n) is 9.99. The minimum absolute atomic E-state index is 0.613. The normalized spacial score (nSPS) is 14.7. The van der Waals surface area contributed by atoms with Gasteiger partial charge in [-0.3, -0.25) is 0 Å². The van der Waals surface area contributed by atoms with Crippen molar-refractivity contribution in [2.75, 3.05) is 14.2 Å². The van der Waals surface area contributed by atoms with Crippen molar-refractivity contribution in [1.29, 1.82) is 0 Å². The van der Waals surface area contributed by atoms with Crippen LogP contribution in [-0.4, -0.2) is 33.8 Å². The maximum Gasteiger partial charge on any atom is 0.253 e. The lowest BCUT2D eigenvalue weighted by atomic mass is 9.87. The number of ether oxygens (including phenoxy) is 2. The molecule has 0 saturated carbocycles. The molecule has 150 valence electrons. The molecule has 1 aliphatic rings. The van der Waals surface area contributed by atoms with E-state index in [0.717, 1.165) is 53.3 Å². The highest BCUT2D eigenvalue weighted by Gasteiger charge is 2.23. The van der Waals surface area contributed by atoms with Crippen LogP contribution in [0.15, 0.2) is 54.9 Å². The van der Waals surface area contributed by atoms with Gasteiger partial charge in [0.15, 0.2) is 0 Å². The Balaban J connectivity index is 1.67. The van der Waals surface area contributed by atoms with Crippen LogP contribution in [0.25, 0.3) is 28.7 Å². The Kier molecular flexibility index (Phi) is 4.67. The summed E-state index contributed by atoms with van der Waals surface area (Å²) in [6.45, 7) is 0. The van der Waals surface area contributed by atoms with Crippen LogP contribution in [0.2, 0.25) is 0 Å². The molecule has 5 rings (SSSR count). The van der Waals surface area contributed by atoms with Gasteiger partial charge in [-0.05, 0) is 72.9 Å². The van der Waals surface area contributed by atoms with E-state index in [2.05, 4.69) is 40.4 Å². The molecule has 2 heterocycles. The van der Waals surface area contributed by atoms with Gasteiger partial charge in [-0.2, -0.15) is 14.6 Å². The van der Waals surface area contributed by atoms with Crippen molar-refractivity contribution in [1.82, 2.24) is 19.6 Å². The van der Waals surface area contributed by atoms with E-state index in [-0.39, 0.29) is 0 Å². The Morgan fingerprint density at radius 3 is 2.30 bits per heavy atom. The molecule has 2 aromatic carbocycles. The topological polar surface area (TPSA) is 61.5 Å². The highest BCUT2D eigenvalue weighted by Crippen LogP contribution is 2.37. The average molecular weight is 398 g/mol. The van der Waals surface area contributed by atoms with Gasteiger partial charge in [0.25, 0.3) is 5.78 Å². The average Bonchev–Trinajstić information content (AvgIpc) is 3.27. The van der Waals surface area contributed by atoms with Gasteiger partial charge in [-0.15, -0.1) is 0 Å². The second-order valence-corrected chi connectivity index (χ2v) is 7.28. The minimum atomic E-state index is 0.613. The van der Waals surface area contributed by atoms with Crippen LogP contribution in [0.1, 0.15) is 29.7 Å². The molecule has 30 heavy (non-hydrogen) atoms. The lowest BCUT2D eigenvalue weighted by molar-refractivity contribution is 0.414. The number of fused-ring (bicyclic) bond motifs is 2. The summed E-state index contributed by atoms with van der Waals surface area (Å²) in [4.78, 5) is 9.26. The van der Waals surface area contributed by atoms with Gasteiger partial charge in [0.2, 0.25) is 0 Å². The van der Waals surface area contributed by atoms with E-state index in [0.29, 0.717) is 5.78 Å². The van der Waals surface area contributed by atoms with Crippen molar-refractivity contribution in [2.45, 2.75) is 19.3 Å². The number of benzene rings is 2. The molecule has 0 amide bonds. The van der Waals surface area contributed by atoms with Crippen molar-refractivity contribution in [3.63, 3.8) is 0 Å². The first kappa shape index (κ1) is 18.4. The van der Waals surface area contributed by atoms with E-state index >= 15 is 0 Å². The standard InChI is InChI=1S/C24H22N4O2/c1-29-19-10-6-16(7-11-19)14-18-4-3-5-21-22(18)27-24-25-15-26-28(24)23(21)17-8-12-20(30-2)13-9-17/h6-15H,3-5H2,1-2H3/b18-14+. The first-order valence-corrected chi connectivity index (χ1v) is 9.99. The first-order chi connectivity index (χ1) is 14.8. The summed E-state index contributed by atoms with van der Waals surface area (Å²) in [7, 11) is 3.36. The molecular formula is C24H22N4O2. The lowest BCUT2D eigenvalue weighted by Gasteiger charge is -2.22. The maximum atomic E-state index is 5.32. The van der Waals surface area contributed by atoms with Gasteiger partial charge in [0, 0.05) is 11.1 Å². The van der Waals surface area contributed by atoms with Crippen LogP contribution in [0, 0.1) is 0 Å². The largest absolute Gasteiger partial charge is 0.497 e. The second kappa shape index (κ2) is 7.63. The second-order valence-electron chi connectivity index (χ2n) is 7.28. The van der Waals surface area contributed by atoms with Gasteiger partial charge in [-0.25, -0.2) is 4.98 Å². The molecule has 6 heteroatoms. The third-order valence-corrected chi connectivity index (χ3v) is 5.52. The number of aromatic nitrogens is 4. The molecule has 0 bridgehead atoms. The third kappa shape index (κ3) is 3.20. The van der Waals surface area contributed by atoms with E-state index in [1.807, 2.05) is 28.8 Å². The molecule has 0 saturated heterocycles. The Morgan fingerprint density at radius 2 is 1.60 bits per heavy atom. The summed E-state index contributed by atoms with van der Waals surface area (Å²) in [5, 5.41) is 4.45. The van der Waals surface area contributed by atoms with Gasteiger partial charge in [0.05, 0.1) is 25.6 Å². The number of methoxy groups -OCH3 is 2. The molecule has 1 aliphatic carbocycles. The number of nitrogens with zero attached hydrogens (tertiary/aromatic N) is 4. The van der Waals surface area contributed by atoms with E-state index in [9.17, 15) is 0 Å². The molecule has 0 spiro atoms. The van der Waals surface area contributed by atoms with Crippen LogP contribution < -0.4 is 9.47 Å². The summed E-state index contributed by atoms with van der Waals surface area (Å²) in [6.07, 6.45) is 6.79. The summed E-state index contributed by atoms with van der Waals surface area (Å²) in [5.74, 6) is 2.30. The third-order valence-electron chi connectivity index (χ3n) is 5.52. The Bertz CT molecular complexity index is 1220. The minimum Gasteiger partial charge on any atom is -0.497 e. The van der Waals surface area contributed by atoms with Crippen LogP contribution in [-0.2, 0) is 6.42 Å².